The molecule has 1 aliphatic rings. The second kappa shape index (κ2) is 13.4. The van der Waals surface area contributed by atoms with Gasteiger partial charge >= 0.3 is 0 Å². The van der Waals surface area contributed by atoms with Gasteiger partial charge in [-0.3, -0.25) is 0 Å². The Hall–Kier alpha value is -7.42. The van der Waals surface area contributed by atoms with Gasteiger partial charge in [0.2, 0.25) is 0 Å². The molecule has 0 saturated heterocycles. The standard InChI is InChI=1S/C55H37NO/c1-4-15-38(16-5-1)39-27-31-43(32-28-39)56(44-33-29-40(30-34-44)46-23-14-24-50-49-22-11-13-26-53(49)57-54(46)50)45-35-36-48-47-21-10-12-25-51(47)55(52(48)37-45,41-17-6-2-7-18-41)42-19-8-3-9-20-42/h1-37H/i27D,28D,29D,30D,31D,32D,33D,34D. The van der Waals surface area contributed by atoms with E-state index in [4.69, 9.17) is 4.42 Å². The summed E-state index contributed by atoms with van der Waals surface area (Å²) >= 11 is 0. The van der Waals surface area contributed by atoms with Gasteiger partial charge in [-0.15, -0.1) is 0 Å². The molecular weight excluding hydrogens is 691 g/mol. The quantitative estimate of drug-likeness (QED) is 0.162. The summed E-state index contributed by atoms with van der Waals surface area (Å²) in [6, 6.07) is 53.1. The summed E-state index contributed by atoms with van der Waals surface area (Å²) in [7, 11) is 0. The van der Waals surface area contributed by atoms with Crippen LogP contribution in [0.4, 0.5) is 17.1 Å². The summed E-state index contributed by atoms with van der Waals surface area (Å²) in [6.07, 6.45) is 0. The molecule has 0 radical (unpaired) electrons. The van der Waals surface area contributed by atoms with Crippen molar-refractivity contribution in [3.8, 4) is 33.4 Å². The smallest absolute Gasteiger partial charge is 0.143 e. The van der Waals surface area contributed by atoms with Crippen molar-refractivity contribution in [2.45, 2.75) is 5.41 Å². The Morgan fingerprint density at radius 3 is 1.63 bits per heavy atom. The van der Waals surface area contributed by atoms with Crippen molar-refractivity contribution < 1.29 is 15.4 Å². The predicted octanol–water partition coefficient (Wildman–Crippen LogP) is 14.8. The maximum Gasteiger partial charge on any atom is 0.143 e. The molecule has 57 heavy (non-hydrogen) atoms. The summed E-state index contributed by atoms with van der Waals surface area (Å²) in [5.74, 6) is 0. The van der Waals surface area contributed by atoms with E-state index >= 15 is 0 Å². The van der Waals surface area contributed by atoms with E-state index in [1.54, 1.807) is 42.5 Å². The van der Waals surface area contributed by atoms with Crippen LogP contribution in [0.3, 0.4) is 0 Å². The van der Waals surface area contributed by atoms with Crippen molar-refractivity contribution >= 4 is 39.0 Å². The van der Waals surface area contributed by atoms with Crippen molar-refractivity contribution in [1.29, 1.82) is 0 Å². The first kappa shape index (κ1) is 25.6. The molecule has 2 nitrogen and oxygen atoms in total. The van der Waals surface area contributed by atoms with Crippen LogP contribution in [-0.4, -0.2) is 0 Å². The van der Waals surface area contributed by atoms with Gasteiger partial charge in [-0.2, -0.15) is 0 Å². The van der Waals surface area contributed by atoms with Crippen LogP contribution < -0.4 is 4.90 Å². The minimum Gasteiger partial charge on any atom is -0.455 e. The lowest BCUT2D eigenvalue weighted by atomic mass is 9.67. The molecule has 0 N–H and O–H groups in total. The average Bonchev–Trinajstić information content (AvgIpc) is 3.87. The van der Waals surface area contributed by atoms with Crippen molar-refractivity contribution in [1.82, 2.24) is 0 Å². The molecule has 0 amide bonds. The first-order valence-electron chi connectivity index (χ1n) is 22.9. The minimum absolute atomic E-state index is 0.0314. The molecule has 0 saturated carbocycles. The highest BCUT2D eigenvalue weighted by atomic mass is 16.3. The number of benzene rings is 9. The van der Waals surface area contributed by atoms with Gasteiger partial charge in [0.05, 0.1) is 16.4 Å². The Morgan fingerprint density at radius 2 is 0.930 bits per heavy atom. The first-order chi connectivity index (χ1) is 31.6. The van der Waals surface area contributed by atoms with Crippen molar-refractivity contribution in [2.24, 2.45) is 0 Å². The lowest BCUT2D eigenvalue weighted by Gasteiger charge is -2.35. The lowest BCUT2D eigenvalue weighted by Crippen LogP contribution is -2.28. The predicted molar refractivity (Wildman–Crippen MR) is 237 cm³/mol. The summed E-state index contributed by atoms with van der Waals surface area (Å²) in [6.45, 7) is 0. The van der Waals surface area contributed by atoms with Gasteiger partial charge in [-0.25, -0.2) is 0 Å². The van der Waals surface area contributed by atoms with Crippen LogP contribution in [0, 0.1) is 0 Å². The third-order valence-electron chi connectivity index (χ3n) is 11.1. The molecule has 0 spiro atoms. The van der Waals surface area contributed by atoms with E-state index < -0.39 is 29.6 Å². The molecule has 0 atom stereocenters. The number of nitrogens with zero attached hydrogens (tertiary/aromatic N) is 1. The summed E-state index contributed by atoms with van der Waals surface area (Å²) in [5, 5.41) is 1.62. The topological polar surface area (TPSA) is 16.4 Å². The van der Waals surface area contributed by atoms with Gasteiger partial charge < -0.3 is 9.32 Å². The second-order valence-electron chi connectivity index (χ2n) is 14.2. The molecule has 0 bridgehead atoms. The van der Waals surface area contributed by atoms with Crippen molar-refractivity contribution in [2.75, 3.05) is 4.90 Å². The van der Waals surface area contributed by atoms with Crippen LogP contribution in [-0.2, 0) is 5.41 Å². The number of fused-ring (bicyclic) bond motifs is 6. The minimum atomic E-state index is -0.869. The zero-order chi connectivity index (χ0) is 44.7. The number of hydrogen-bond acceptors (Lipinski definition) is 2. The van der Waals surface area contributed by atoms with E-state index in [2.05, 4.69) is 36.4 Å². The summed E-state index contributed by atoms with van der Waals surface area (Å²) in [5.41, 5.74) is 6.92. The van der Waals surface area contributed by atoms with Crippen molar-refractivity contribution in [3.63, 3.8) is 0 Å². The Balaban J connectivity index is 1.23. The largest absolute Gasteiger partial charge is 0.455 e. The van der Waals surface area contributed by atoms with Gasteiger partial charge in [-0.1, -0.05) is 182 Å². The Morgan fingerprint density at radius 1 is 0.386 bits per heavy atom. The highest BCUT2D eigenvalue weighted by Gasteiger charge is 2.46. The molecule has 0 fully saturated rings. The molecule has 11 rings (SSSR count). The third-order valence-corrected chi connectivity index (χ3v) is 11.1. The molecule has 0 unspecified atom stereocenters. The first-order valence-corrected chi connectivity index (χ1v) is 18.9. The van der Waals surface area contributed by atoms with Gasteiger partial charge in [-0.05, 0) is 92.4 Å². The van der Waals surface area contributed by atoms with Crippen LogP contribution >= 0.6 is 0 Å². The number of rotatable bonds is 7. The number of furan rings is 1. The maximum atomic E-state index is 9.82. The van der Waals surface area contributed by atoms with Crippen LogP contribution in [0.25, 0.3) is 55.3 Å². The molecular formula is C55H37NO. The van der Waals surface area contributed by atoms with Crippen LogP contribution in [0.15, 0.2) is 229 Å². The number of hydrogen-bond donors (Lipinski definition) is 0. The normalized spacial score (nSPS) is 14.7. The number of anilines is 3. The van der Waals surface area contributed by atoms with E-state index in [0.29, 0.717) is 28.0 Å². The van der Waals surface area contributed by atoms with E-state index in [1.165, 1.54) is 4.90 Å². The molecule has 268 valence electrons. The maximum absolute atomic E-state index is 9.82. The molecule has 0 aliphatic heterocycles. The summed E-state index contributed by atoms with van der Waals surface area (Å²) in [4.78, 5) is 1.39. The van der Waals surface area contributed by atoms with E-state index in [0.717, 1.165) is 44.2 Å². The monoisotopic (exact) mass is 735 g/mol. The molecule has 1 aliphatic carbocycles. The highest BCUT2D eigenvalue weighted by Crippen LogP contribution is 2.57. The Bertz CT molecular complexity index is 3440. The average molecular weight is 736 g/mol. The molecule has 1 heterocycles. The van der Waals surface area contributed by atoms with Gasteiger partial charge in [0, 0.05) is 33.4 Å². The van der Waals surface area contributed by atoms with Crippen LogP contribution in [0.5, 0.6) is 0 Å². The Kier molecular flexibility index (Phi) is 6.02. The Labute approximate surface area is 343 Å². The fraction of sp³-hybridized carbons (Fsp3) is 0.0182. The fourth-order valence-electron chi connectivity index (χ4n) is 8.60. The summed E-state index contributed by atoms with van der Waals surface area (Å²) < 4.78 is 83.4. The van der Waals surface area contributed by atoms with E-state index in [1.807, 2.05) is 97.1 Å². The second-order valence-corrected chi connectivity index (χ2v) is 14.2. The zero-order valence-electron chi connectivity index (χ0n) is 38.6. The SMILES string of the molecule is [2H]c1c([2H])c(N(c2ccc3c(c2)C(c2ccccc2)(c2ccccc2)c2ccccc2-3)c2c([2H])c([2H])c(-c3cccc4c3oc3ccccc34)c([2H])c2[2H])c([2H])c([2H])c1-c1ccccc1. The third kappa shape index (κ3) is 5.26. The van der Waals surface area contributed by atoms with E-state index in [-0.39, 0.29) is 46.7 Å². The van der Waals surface area contributed by atoms with Crippen LogP contribution in [0.2, 0.25) is 0 Å². The van der Waals surface area contributed by atoms with Gasteiger partial charge in [0.25, 0.3) is 0 Å². The van der Waals surface area contributed by atoms with Crippen molar-refractivity contribution in [3.05, 3.63) is 247 Å². The molecule has 2 heteroatoms. The van der Waals surface area contributed by atoms with Gasteiger partial charge in [0.1, 0.15) is 11.2 Å². The van der Waals surface area contributed by atoms with E-state index in [9.17, 15) is 11.0 Å². The zero-order valence-corrected chi connectivity index (χ0v) is 30.6. The molecule has 9 aromatic carbocycles. The lowest BCUT2D eigenvalue weighted by molar-refractivity contribution is 0.670. The highest BCUT2D eigenvalue weighted by molar-refractivity contribution is 6.09. The van der Waals surface area contributed by atoms with Crippen LogP contribution in [0.1, 0.15) is 33.2 Å². The van der Waals surface area contributed by atoms with Gasteiger partial charge in [0.15, 0.2) is 0 Å². The molecule has 1 aromatic heterocycles. The fourth-order valence-corrected chi connectivity index (χ4v) is 8.60. The molecule has 10 aromatic rings. The number of para-hydroxylation sites is 2.